The molecule has 0 aliphatic heterocycles. The topological polar surface area (TPSA) is 122 Å². The summed E-state index contributed by atoms with van der Waals surface area (Å²) in [6.07, 6.45) is 2.17. The van der Waals surface area contributed by atoms with E-state index in [-0.39, 0.29) is 18.3 Å². The van der Waals surface area contributed by atoms with Crippen LogP contribution in [0.1, 0.15) is 12.3 Å². The lowest BCUT2D eigenvalue weighted by atomic mass is 10.3. The number of aromatic nitrogens is 6. The Bertz CT molecular complexity index is 995. The Balaban J connectivity index is 1.33. The van der Waals surface area contributed by atoms with E-state index in [1.807, 2.05) is 29.0 Å². The SMILES string of the molecule is O=C(CCc1nnc(-c2ccsc2)o1)Nc1n[nH]c(-c2ccccn2)n1. The van der Waals surface area contributed by atoms with Gasteiger partial charge in [-0.05, 0) is 23.6 Å². The summed E-state index contributed by atoms with van der Waals surface area (Å²) in [6.45, 7) is 0. The number of carbonyl (C=O) groups excluding carboxylic acids is 1. The maximum Gasteiger partial charge on any atom is 0.249 e. The molecule has 26 heavy (non-hydrogen) atoms. The van der Waals surface area contributed by atoms with Crippen LogP contribution in [0.3, 0.4) is 0 Å². The van der Waals surface area contributed by atoms with Crippen molar-refractivity contribution in [1.82, 2.24) is 30.4 Å². The second-order valence-corrected chi connectivity index (χ2v) is 6.06. The van der Waals surface area contributed by atoms with E-state index in [4.69, 9.17) is 4.42 Å². The molecule has 0 fully saturated rings. The van der Waals surface area contributed by atoms with E-state index in [1.54, 1.807) is 23.6 Å². The number of pyridine rings is 1. The average Bonchev–Trinajstić information content (AvgIpc) is 3.41. The third-order valence-electron chi connectivity index (χ3n) is 3.45. The highest BCUT2D eigenvalue weighted by Crippen LogP contribution is 2.20. The Morgan fingerprint density at radius 2 is 2.23 bits per heavy atom. The van der Waals surface area contributed by atoms with Crippen LogP contribution in [0.25, 0.3) is 23.0 Å². The van der Waals surface area contributed by atoms with E-state index in [9.17, 15) is 4.79 Å². The van der Waals surface area contributed by atoms with Gasteiger partial charge >= 0.3 is 0 Å². The van der Waals surface area contributed by atoms with Crippen LogP contribution < -0.4 is 5.32 Å². The van der Waals surface area contributed by atoms with Crippen molar-refractivity contribution >= 4 is 23.2 Å². The molecule has 2 N–H and O–H groups in total. The lowest BCUT2D eigenvalue weighted by Crippen LogP contribution is -2.13. The fourth-order valence-corrected chi connectivity index (χ4v) is 2.83. The molecule has 4 rings (SSSR count). The molecule has 0 spiro atoms. The number of anilines is 1. The molecule has 0 unspecified atom stereocenters. The fourth-order valence-electron chi connectivity index (χ4n) is 2.20. The number of carbonyl (C=O) groups is 1. The summed E-state index contributed by atoms with van der Waals surface area (Å²) in [4.78, 5) is 20.4. The molecule has 0 aliphatic carbocycles. The minimum atomic E-state index is -0.244. The highest BCUT2D eigenvalue weighted by atomic mass is 32.1. The van der Waals surface area contributed by atoms with Crippen molar-refractivity contribution in [3.8, 4) is 23.0 Å². The molecule has 4 heterocycles. The number of aromatic amines is 1. The maximum atomic E-state index is 12.1. The number of amides is 1. The molecule has 0 radical (unpaired) electrons. The predicted molar refractivity (Wildman–Crippen MR) is 94.2 cm³/mol. The Morgan fingerprint density at radius 1 is 1.27 bits per heavy atom. The monoisotopic (exact) mass is 367 g/mol. The first-order chi connectivity index (χ1) is 12.8. The van der Waals surface area contributed by atoms with E-state index < -0.39 is 0 Å². The first-order valence-corrected chi connectivity index (χ1v) is 8.71. The largest absolute Gasteiger partial charge is 0.421 e. The van der Waals surface area contributed by atoms with Gasteiger partial charge in [0.1, 0.15) is 5.69 Å². The van der Waals surface area contributed by atoms with E-state index in [2.05, 4.69) is 35.7 Å². The number of hydrogen-bond donors (Lipinski definition) is 2. The molecule has 0 aliphatic rings. The highest BCUT2D eigenvalue weighted by Gasteiger charge is 2.13. The zero-order chi connectivity index (χ0) is 17.8. The number of H-pyrrole nitrogens is 1. The molecule has 0 saturated carbocycles. The molecular weight excluding hydrogens is 354 g/mol. The van der Waals surface area contributed by atoms with Gasteiger partial charge in [0.05, 0.1) is 0 Å². The zero-order valence-corrected chi connectivity index (χ0v) is 14.2. The van der Waals surface area contributed by atoms with Gasteiger partial charge in [0, 0.05) is 30.0 Å². The molecule has 0 aromatic carbocycles. The summed E-state index contributed by atoms with van der Waals surface area (Å²) in [7, 11) is 0. The molecule has 130 valence electrons. The summed E-state index contributed by atoms with van der Waals surface area (Å²) in [5.74, 6) is 1.30. The summed E-state index contributed by atoms with van der Waals surface area (Å²) in [6, 6.07) is 7.35. The number of hydrogen-bond acceptors (Lipinski definition) is 8. The molecule has 10 heteroatoms. The van der Waals surface area contributed by atoms with Crippen molar-refractivity contribution in [3.63, 3.8) is 0 Å². The minimum absolute atomic E-state index is 0.179. The molecule has 4 aromatic rings. The molecule has 1 amide bonds. The molecule has 0 atom stereocenters. The van der Waals surface area contributed by atoms with Crippen molar-refractivity contribution in [1.29, 1.82) is 0 Å². The van der Waals surface area contributed by atoms with Crippen LogP contribution in [0.15, 0.2) is 45.6 Å². The van der Waals surface area contributed by atoms with Gasteiger partial charge in [-0.1, -0.05) is 6.07 Å². The number of rotatable bonds is 6. The predicted octanol–water partition coefficient (Wildman–Crippen LogP) is 2.55. The van der Waals surface area contributed by atoms with Gasteiger partial charge in [0.2, 0.25) is 23.6 Å². The summed E-state index contributed by atoms with van der Waals surface area (Å²) in [5, 5.41) is 21.1. The highest BCUT2D eigenvalue weighted by molar-refractivity contribution is 7.08. The van der Waals surface area contributed by atoms with E-state index >= 15 is 0 Å². The average molecular weight is 367 g/mol. The van der Waals surface area contributed by atoms with Crippen LogP contribution >= 0.6 is 11.3 Å². The van der Waals surface area contributed by atoms with Gasteiger partial charge in [-0.3, -0.25) is 20.2 Å². The Hall–Kier alpha value is -3.40. The van der Waals surface area contributed by atoms with Crippen molar-refractivity contribution < 1.29 is 9.21 Å². The zero-order valence-electron chi connectivity index (χ0n) is 13.4. The Kier molecular flexibility index (Phi) is 4.48. The van der Waals surface area contributed by atoms with Crippen LogP contribution in [0, 0.1) is 0 Å². The van der Waals surface area contributed by atoms with Crippen LogP contribution in [-0.2, 0) is 11.2 Å². The van der Waals surface area contributed by atoms with Crippen molar-refractivity contribution in [2.24, 2.45) is 0 Å². The Morgan fingerprint density at radius 3 is 3.04 bits per heavy atom. The molecule has 0 saturated heterocycles. The molecular formula is C16H13N7O2S. The van der Waals surface area contributed by atoms with Crippen LogP contribution in [0.5, 0.6) is 0 Å². The third kappa shape index (κ3) is 3.64. The quantitative estimate of drug-likeness (QED) is 0.537. The van der Waals surface area contributed by atoms with E-state index in [1.165, 1.54) is 0 Å². The van der Waals surface area contributed by atoms with Gasteiger partial charge in [-0.25, -0.2) is 0 Å². The van der Waals surface area contributed by atoms with Crippen molar-refractivity contribution in [3.05, 3.63) is 47.1 Å². The number of aryl methyl sites for hydroxylation is 1. The number of thiophene rings is 1. The van der Waals surface area contributed by atoms with Crippen LogP contribution in [0.4, 0.5) is 5.95 Å². The van der Waals surface area contributed by atoms with Crippen LogP contribution in [-0.4, -0.2) is 36.3 Å². The smallest absolute Gasteiger partial charge is 0.249 e. The summed E-state index contributed by atoms with van der Waals surface area (Å²) < 4.78 is 5.55. The van der Waals surface area contributed by atoms with Crippen LogP contribution in [0.2, 0.25) is 0 Å². The van der Waals surface area contributed by atoms with Gasteiger partial charge in [0.25, 0.3) is 0 Å². The standard InChI is InChI=1S/C16H13N7O2S/c24-12(4-5-13-20-22-15(25-13)10-6-8-26-9-10)18-16-19-14(21-23-16)11-3-1-2-7-17-11/h1-3,6-9H,4-5H2,(H2,18,19,21,23,24). The molecule has 0 bridgehead atoms. The minimum Gasteiger partial charge on any atom is -0.421 e. The first-order valence-electron chi connectivity index (χ1n) is 7.76. The van der Waals surface area contributed by atoms with Crippen molar-refractivity contribution in [2.75, 3.05) is 5.32 Å². The van der Waals surface area contributed by atoms with E-state index in [0.717, 1.165) is 5.56 Å². The number of nitrogens with one attached hydrogen (secondary N) is 2. The van der Waals surface area contributed by atoms with Gasteiger partial charge in [-0.15, -0.1) is 15.3 Å². The summed E-state index contributed by atoms with van der Waals surface area (Å²) >= 11 is 1.55. The maximum absolute atomic E-state index is 12.1. The Labute approximate surface area is 151 Å². The van der Waals surface area contributed by atoms with Gasteiger partial charge in [0.15, 0.2) is 5.82 Å². The molecule has 4 aromatic heterocycles. The normalized spacial score (nSPS) is 10.8. The first kappa shape index (κ1) is 16.1. The summed E-state index contributed by atoms with van der Waals surface area (Å²) in [5.41, 5.74) is 1.52. The van der Waals surface area contributed by atoms with Gasteiger partial charge in [-0.2, -0.15) is 16.3 Å². The van der Waals surface area contributed by atoms with Crippen molar-refractivity contribution in [2.45, 2.75) is 12.8 Å². The van der Waals surface area contributed by atoms with Gasteiger partial charge < -0.3 is 4.42 Å². The second kappa shape index (κ2) is 7.23. The molecule has 9 nitrogen and oxygen atoms in total. The lowest BCUT2D eigenvalue weighted by molar-refractivity contribution is -0.116. The number of nitrogens with zero attached hydrogens (tertiary/aromatic N) is 5. The second-order valence-electron chi connectivity index (χ2n) is 5.28. The van der Waals surface area contributed by atoms with E-state index in [0.29, 0.717) is 29.7 Å². The third-order valence-corrected chi connectivity index (χ3v) is 4.13. The lowest BCUT2D eigenvalue weighted by Gasteiger charge is -1.98. The fraction of sp³-hybridized carbons (Fsp3) is 0.125.